The number of nitrogens with zero attached hydrogens (tertiary/aromatic N) is 3. The summed E-state index contributed by atoms with van der Waals surface area (Å²) in [5.74, 6) is -0.654. The maximum Gasteiger partial charge on any atom is 0.220 e. The molecule has 0 bridgehead atoms. The van der Waals surface area contributed by atoms with Gasteiger partial charge in [-0.15, -0.1) is 0 Å². The molecule has 120 valence electrons. The molecule has 3 rings (SSSR count). The summed E-state index contributed by atoms with van der Waals surface area (Å²) in [6, 6.07) is 16.2. The van der Waals surface area contributed by atoms with Crippen LogP contribution in [0.5, 0.6) is 0 Å². The number of aliphatic hydroxyl groups is 1. The fourth-order valence-electron chi connectivity index (χ4n) is 2.45. The summed E-state index contributed by atoms with van der Waals surface area (Å²) in [6.45, 7) is 0. The van der Waals surface area contributed by atoms with E-state index in [1.807, 2.05) is 0 Å². The van der Waals surface area contributed by atoms with Gasteiger partial charge in [-0.25, -0.2) is 8.42 Å². The summed E-state index contributed by atoms with van der Waals surface area (Å²) in [5, 5.41) is 24.6. The van der Waals surface area contributed by atoms with Crippen molar-refractivity contribution in [3.63, 3.8) is 0 Å². The molecule has 0 saturated heterocycles. The van der Waals surface area contributed by atoms with Gasteiger partial charge in [0, 0.05) is 12.4 Å². The molecular formula is C17H13N3O3S. The van der Waals surface area contributed by atoms with Gasteiger partial charge in [0.25, 0.3) is 0 Å². The Bertz CT molecular complexity index is 1090. The number of sulfone groups is 1. The molecule has 1 aromatic heterocycles. The minimum absolute atomic E-state index is 0.0594. The zero-order chi connectivity index (χ0) is 17.3. The van der Waals surface area contributed by atoms with Gasteiger partial charge >= 0.3 is 0 Å². The first-order chi connectivity index (χ1) is 11.5. The maximum atomic E-state index is 12.6. The standard InChI is InChI=1S/C17H13N3O3S/c1-20-14-10-6-5-9-13(14)16(19-20)17(21)15(11-18)24(22,23)12-7-3-2-4-8-12/h2-10,21H,1H3/b17-15-. The van der Waals surface area contributed by atoms with Crippen molar-refractivity contribution in [2.75, 3.05) is 0 Å². The lowest BCUT2D eigenvalue weighted by molar-refractivity contribution is 0.505. The summed E-state index contributed by atoms with van der Waals surface area (Å²) in [5.41, 5.74) is 0.776. The van der Waals surface area contributed by atoms with Gasteiger partial charge in [-0.05, 0) is 18.2 Å². The van der Waals surface area contributed by atoms with Crippen LogP contribution in [0.4, 0.5) is 0 Å². The molecule has 0 spiro atoms. The van der Waals surface area contributed by atoms with Crippen LogP contribution < -0.4 is 0 Å². The van der Waals surface area contributed by atoms with Crippen molar-refractivity contribution in [3.05, 3.63) is 65.2 Å². The molecule has 6 nitrogen and oxygen atoms in total. The van der Waals surface area contributed by atoms with Crippen molar-refractivity contribution in [2.24, 2.45) is 7.05 Å². The molecule has 0 aliphatic rings. The van der Waals surface area contributed by atoms with E-state index in [0.29, 0.717) is 10.9 Å². The molecule has 0 aliphatic heterocycles. The van der Waals surface area contributed by atoms with Crippen LogP contribution in [0.2, 0.25) is 0 Å². The van der Waals surface area contributed by atoms with E-state index < -0.39 is 20.5 Å². The van der Waals surface area contributed by atoms with Gasteiger partial charge in [0.1, 0.15) is 11.8 Å². The minimum Gasteiger partial charge on any atom is -0.504 e. The lowest BCUT2D eigenvalue weighted by atomic mass is 10.2. The molecule has 3 aromatic rings. The Hall–Kier alpha value is -3.11. The van der Waals surface area contributed by atoms with E-state index in [4.69, 9.17) is 0 Å². The lowest BCUT2D eigenvalue weighted by Crippen LogP contribution is -2.07. The molecule has 0 saturated carbocycles. The summed E-state index contributed by atoms with van der Waals surface area (Å²) in [6.07, 6.45) is 0. The van der Waals surface area contributed by atoms with Crippen molar-refractivity contribution >= 4 is 26.5 Å². The second-order valence-electron chi connectivity index (χ2n) is 5.10. The second kappa shape index (κ2) is 5.83. The molecule has 1 heterocycles. The number of hydrogen-bond acceptors (Lipinski definition) is 5. The quantitative estimate of drug-likeness (QED) is 0.585. The molecule has 0 atom stereocenters. The third kappa shape index (κ3) is 2.43. The first-order valence-corrected chi connectivity index (χ1v) is 8.50. The van der Waals surface area contributed by atoms with E-state index in [1.54, 1.807) is 55.6 Å². The van der Waals surface area contributed by atoms with Gasteiger partial charge in [0.15, 0.2) is 10.7 Å². The number of fused-ring (bicyclic) bond motifs is 1. The SMILES string of the molecule is Cn1nc(/C(O)=C(\C#N)S(=O)(=O)c2ccccc2)c2ccccc21. The Morgan fingerprint density at radius 1 is 1.12 bits per heavy atom. The predicted molar refractivity (Wildman–Crippen MR) is 89.5 cm³/mol. The van der Waals surface area contributed by atoms with Gasteiger partial charge in [-0.1, -0.05) is 36.4 Å². The van der Waals surface area contributed by atoms with Crippen LogP contribution in [-0.4, -0.2) is 23.3 Å². The molecule has 1 N–H and O–H groups in total. The molecule has 0 unspecified atom stereocenters. The first kappa shape index (κ1) is 15.8. The Balaban J connectivity index is 2.28. The fraction of sp³-hybridized carbons (Fsp3) is 0.0588. The van der Waals surface area contributed by atoms with Crippen LogP contribution >= 0.6 is 0 Å². The topological polar surface area (TPSA) is 96.0 Å². The number of aryl methyl sites for hydroxylation is 1. The number of benzene rings is 2. The molecule has 0 amide bonds. The summed E-state index contributed by atoms with van der Waals surface area (Å²) < 4.78 is 26.8. The predicted octanol–water partition coefficient (Wildman–Crippen LogP) is 2.80. The molecule has 2 aromatic carbocycles. The molecule has 0 fully saturated rings. The van der Waals surface area contributed by atoms with Crippen molar-refractivity contribution < 1.29 is 13.5 Å². The van der Waals surface area contributed by atoms with Crippen LogP contribution in [0.1, 0.15) is 5.69 Å². The van der Waals surface area contributed by atoms with Crippen molar-refractivity contribution in [2.45, 2.75) is 4.90 Å². The first-order valence-electron chi connectivity index (χ1n) is 7.02. The highest BCUT2D eigenvalue weighted by atomic mass is 32.2. The third-order valence-corrected chi connectivity index (χ3v) is 5.34. The Morgan fingerprint density at radius 2 is 1.75 bits per heavy atom. The van der Waals surface area contributed by atoms with E-state index in [1.165, 1.54) is 16.8 Å². The summed E-state index contributed by atoms with van der Waals surface area (Å²) >= 11 is 0. The number of para-hydroxylation sites is 1. The molecular weight excluding hydrogens is 326 g/mol. The average molecular weight is 339 g/mol. The largest absolute Gasteiger partial charge is 0.504 e. The number of aliphatic hydroxyl groups excluding tert-OH is 1. The highest BCUT2D eigenvalue weighted by Crippen LogP contribution is 2.29. The number of nitriles is 1. The average Bonchev–Trinajstić information content (AvgIpc) is 2.93. The summed E-state index contributed by atoms with van der Waals surface area (Å²) in [7, 11) is -2.46. The summed E-state index contributed by atoms with van der Waals surface area (Å²) in [4.78, 5) is -0.786. The lowest BCUT2D eigenvalue weighted by Gasteiger charge is -2.05. The highest BCUT2D eigenvalue weighted by Gasteiger charge is 2.27. The van der Waals surface area contributed by atoms with Gasteiger partial charge < -0.3 is 5.11 Å². The van der Waals surface area contributed by atoms with Gasteiger partial charge in [-0.2, -0.15) is 10.4 Å². The zero-order valence-electron chi connectivity index (χ0n) is 12.7. The van der Waals surface area contributed by atoms with Crippen LogP contribution in [0.25, 0.3) is 16.7 Å². The number of rotatable bonds is 3. The Kier molecular flexibility index (Phi) is 3.83. The van der Waals surface area contributed by atoms with Crippen LogP contribution in [0.15, 0.2) is 64.4 Å². The van der Waals surface area contributed by atoms with Crippen LogP contribution in [0, 0.1) is 11.3 Å². The van der Waals surface area contributed by atoms with Crippen molar-refractivity contribution in [1.82, 2.24) is 9.78 Å². The van der Waals surface area contributed by atoms with E-state index in [2.05, 4.69) is 5.10 Å². The number of allylic oxidation sites excluding steroid dienone is 1. The van der Waals surface area contributed by atoms with Gasteiger partial charge in [0.2, 0.25) is 9.84 Å². The number of aromatic nitrogens is 2. The second-order valence-corrected chi connectivity index (χ2v) is 6.98. The fourth-order valence-corrected chi connectivity index (χ4v) is 3.68. The van der Waals surface area contributed by atoms with Crippen LogP contribution in [-0.2, 0) is 16.9 Å². The van der Waals surface area contributed by atoms with E-state index in [-0.39, 0.29) is 10.6 Å². The van der Waals surface area contributed by atoms with Crippen molar-refractivity contribution in [3.8, 4) is 6.07 Å². The van der Waals surface area contributed by atoms with Crippen molar-refractivity contribution in [1.29, 1.82) is 5.26 Å². The van der Waals surface area contributed by atoms with E-state index in [0.717, 1.165) is 0 Å². The Morgan fingerprint density at radius 3 is 2.42 bits per heavy atom. The normalized spacial score (nSPS) is 12.7. The molecule has 7 heteroatoms. The highest BCUT2D eigenvalue weighted by molar-refractivity contribution is 7.95. The Labute approximate surface area is 138 Å². The smallest absolute Gasteiger partial charge is 0.220 e. The molecule has 24 heavy (non-hydrogen) atoms. The molecule has 0 radical (unpaired) electrons. The van der Waals surface area contributed by atoms with E-state index >= 15 is 0 Å². The van der Waals surface area contributed by atoms with Gasteiger partial charge in [0.05, 0.1) is 10.4 Å². The number of hydrogen-bond donors (Lipinski definition) is 1. The minimum atomic E-state index is -4.14. The van der Waals surface area contributed by atoms with Gasteiger partial charge in [-0.3, -0.25) is 4.68 Å². The van der Waals surface area contributed by atoms with Crippen LogP contribution in [0.3, 0.4) is 0 Å². The molecule has 0 aliphatic carbocycles. The monoisotopic (exact) mass is 339 g/mol. The van der Waals surface area contributed by atoms with E-state index in [9.17, 15) is 18.8 Å². The third-order valence-electron chi connectivity index (χ3n) is 3.62. The zero-order valence-corrected chi connectivity index (χ0v) is 13.5. The maximum absolute atomic E-state index is 12.6.